The summed E-state index contributed by atoms with van der Waals surface area (Å²) in [6.45, 7) is 4.27. The fourth-order valence-electron chi connectivity index (χ4n) is 0.678. The third-order valence-corrected chi connectivity index (χ3v) is 2.20. The number of hydrogen-bond acceptors (Lipinski definition) is 1. The lowest BCUT2D eigenvalue weighted by Crippen LogP contribution is -2.19. The fourth-order valence-corrected chi connectivity index (χ4v) is 1.52. The summed E-state index contributed by atoms with van der Waals surface area (Å²) in [6.07, 6.45) is 2.14. The van der Waals surface area contributed by atoms with Gasteiger partial charge in [0.15, 0.2) is 13.2 Å². The van der Waals surface area contributed by atoms with E-state index in [0.29, 0.717) is 0 Å². The van der Waals surface area contributed by atoms with E-state index >= 15 is 0 Å². The van der Waals surface area contributed by atoms with Gasteiger partial charge in [0.25, 0.3) is 0 Å². The molecule has 0 saturated heterocycles. The van der Waals surface area contributed by atoms with Gasteiger partial charge in [-0.2, -0.15) is 0 Å². The Bertz CT molecular complexity index is 171. The number of aromatic nitrogens is 1. The molecule has 1 aromatic rings. The van der Waals surface area contributed by atoms with Crippen LogP contribution in [0.2, 0.25) is 0 Å². The van der Waals surface area contributed by atoms with Crippen LogP contribution in [0, 0.1) is 13.8 Å². The molecule has 2 heteroatoms. The highest BCUT2D eigenvalue weighted by atomic mass is 32.1. The molecule has 0 saturated carbocycles. The molecule has 0 fully saturated rings. The van der Waals surface area contributed by atoms with E-state index in [1.807, 2.05) is 0 Å². The highest BCUT2D eigenvalue weighted by Gasteiger charge is 2.02. The monoisotopic (exact) mass is 128 g/mol. The van der Waals surface area contributed by atoms with Gasteiger partial charge in [-0.15, -0.1) is 3.96 Å². The molecule has 0 radical (unpaired) electrons. The second-order valence-corrected chi connectivity index (χ2v) is 3.38. The summed E-state index contributed by atoms with van der Waals surface area (Å²) < 4.78 is 2.12. The van der Waals surface area contributed by atoms with E-state index in [2.05, 4.69) is 31.0 Å². The van der Waals surface area contributed by atoms with Crippen molar-refractivity contribution >= 4 is 11.5 Å². The molecule has 0 aliphatic carbocycles. The summed E-state index contributed by atoms with van der Waals surface area (Å²) in [5.41, 5.74) is 1.39. The zero-order valence-electron chi connectivity index (χ0n) is 5.43. The van der Waals surface area contributed by atoms with Crippen molar-refractivity contribution in [3.8, 4) is 0 Å². The normalized spacial score (nSPS) is 9.88. The number of rotatable bonds is 0. The Hall–Kier alpha value is -0.370. The standard InChI is InChI=1S/C6H10NS/c1-5-4-7(3)8-6(5)2/h4H,1-3H3/q+1. The van der Waals surface area contributed by atoms with E-state index in [1.54, 1.807) is 11.5 Å². The summed E-state index contributed by atoms with van der Waals surface area (Å²) in [7, 11) is 2.06. The van der Waals surface area contributed by atoms with Crippen LogP contribution < -0.4 is 3.96 Å². The van der Waals surface area contributed by atoms with Crippen molar-refractivity contribution in [1.29, 1.82) is 0 Å². The Balaban J connectivity index is 3.14. The van der Waals surface area contributed by atoms with Gasteiger partial charge < -0.3 is 0 Å². The molecule has 1 aromatic heterocycles. The zero-order valence-corrected chi connectivity index (χ0v) is 6.25. The molecule has 0 aliphatic rings. The Kier molecular flexibility index (Phi) is 1.34. The molecule has 44 valence electrons. The fraction of sp³-hybridized carbons (Fsp3) is 0.500. The van der Waals surface area contributed by atoms with Crippen molar-refractivity contribution in [2.45, 2.75) is 13.8 Å². The predicted octanol–water partition coefficient (Wildman–Crippen LogP) is 1.19. The van der Waals surface area contributed by atoms with Gasteiger partial charge in [0, 0.05) is 5.56 Å². The van der Waals surface area contributed by atoms with E-state index in [-0.39, 0.29) is 0 Å². The first-order chi connectivity index (χ1) is 3.70. The summed E-state index contributed by atoms with van der Waals surface area (Å²) in [5, 5.41) is 0. The predicted molar refractivity (Wildman–Crippen MR) is 35.0 cm³/mol. The molecule has 0 spiro atoms. The van der Waals surface area contributed by atoms with Crippen LogP contribution in [-0.4, -0.2) is 0 Å². The van der Waals surface area contributed by atoms with Crippen molar-refractivity contribution < 1.29 is 3.96 Å². The van der Waals surface area contributed by atoms with Crippen LogP contribution in [-0.2, 0) is 7.05 Å². The van der Waals surface area contributed by atoms with Crippen LogP contribution in [0.5, 0.6) is 0 Å². The maximum Gasteiger partial charge on any atom is 0.186 e. The molecule has 0 atom stereocenters. The molecule has 0 bridgehead atoms. The quantitative estimate of drug-likeness (QED) is 0.462. The molecular weight excluding hydrogens is 118 g/mol. The van der Waals surface area contributed by atoms with Crippen molar-refractivity contribution in [2.75, 3.05) is 0 Å². The highest BCUT2D eigenvalue weighted by Crippen LogP contribution is 2.05. The van der Waals surface area contributed by atoms with Gasteiger partial charge in [0.1, 0.15) is 11.5 Å². The lowest BCUT2D eigenvalue weighted by molar-refractivity contribution is -0.601. The van der Waals surface area contributed by atoms with E-state index in [4.69, 9.17) is 0 Å². The maximum atomic E-state index is 2.14. The third kappa shape index (κ3) is 0.892. The first kappa shape index (κ1) is 5.76. The van der Waals surface area contributed by atoms with E-state index < -0.39 is 0 Å². The highest BCUT2D eigenvalue weighted by molar-refractivity contribution is 7.01. The van der Waals surface area contributed by atoms with Crippen molar-refractivity contribution in [2.24, 2.45) is 7.05 Å². The number of aryl methyl sites for hydroxylation is 3. The van der Waals surface area contributed by atoms with Gasteiger partial charge in [-0.05, 0) is 13.8 Å². The minimum Gasteiger partial charge on any atom is -0.143 e. The third-order valence-electron chi connectivity index (χ3n) is 1.21. The molecule has 0 amide bonds. The van der Waals surface area contributed by atoms with Crippen LogP contribution in [0.4, 0.5) is 0 Å². The maximum absolute atomic E-state index is 2.14. The Morgan fingerprint density at radius 3 is 2.25 bits per heavy atom. The molecule has 0 N–H and O–H groups in total. The number of nitrogens with zero attached hydrogens (tertiary/aromatic N) is 1. The smallest absolute Gasteiger partial charge is 0.143 e. The SMILES string of the molecule is Cc1c[n+](C)sc1C. The molecule has 1 nitrogen and oxygen atoms in total. The van der Waals surface area contributed by atoms with Gasteiger partial charge in [0.2, 0.25) is 0 Å². The van der Waals surface area contributed by atoms with Gasteiger partial charge in [0.05, 0.1) is 4.88 Å². The second-order valence-electron chi connectivity index (χ2n) is 2.01. The Morgan fingerprint density at radius 1 is 1.50 bits per heavy atom. The molecule has 0 aromatic carbocycles. The lowest BCUT2D eigenvalue weighted by atomic mass is 10.3. The molecule has 1 heterocycles. The summed E-state index contributed by atoms with van der Waals surface area (Å²) in [4.78, 5) is 1.41. The second kappa shape index (κ2) is 1.86. The average molecular weight is 128 g/mol. The first-order valence-corrected chi connectivity index (χ1v) is 3.40. The minimum atomic E-state index is 1.39. The number of hydrogen-bond donors (Lipinski definition) is 0. The summed E-state index contributed by atoms with van der Waals surface area (Å²) in [5.74, 6) is 0. The first-order valence-electron chi connectivity index (χ1n) is 2.63. The van der Waals surface area contributed by atoms with Crippen LogP contribution in [0.25, 0.3) is 0 Å². The molecule has 1 rings (SSSR count). The van der Waals surface area contributed by atoms with Crippen molar-refractivity contribution in [3.63, 3.8) is 0 Å². The van der Waals surface area contributed by atoms with Crippen molar-refractivity contribution in [3.05, 3.63) is 16.6 Å². The van der Waals surface area contributed by atoms with Crippen molar-refractivity contribution in [1.82, 2.24) is 0 Å². The Labute approximate surface area is 53.7 Å². The average Bonchev–Trinajstić information content (AvgIpc) is 1.85. The zero-order chi connectivity index (χ0) is 6.15. The van der Waals surface area contributed by atoms with E-state index in [0.717, 1.165) is 0 Å². The van der Waals surface area contributed by atoms with E-state index in [9.17, 15) is 0 Å². The molecule has 0 unspecified atom stereocenters. The van der Waals surface area contributed by atoms with Crippen LogP contribution in [0.15, 0.2) is 6.20 Å². The van der Waals surface area contributed by atoms with Gasteiger partial charge >= 0.3 is 0 Å². The Morgan fingerprint density at radius 2 is 2.12 bits per heavy atom. The lowest BCUT2D eigenvalue weighted by Gasteiger charge is -1.71. The molecule has 0 aliphatic heterocycles. The topological polar surface area (TPSA) is 3.88 Å². The van der Waals surface area contributed by atoms with Crippen LogP contribution in [0.3, 0.4) is 0 Å². The van der Waals surface area contributed by atoms with Gasteiger partial charge in [-0.25, -0.2) is 0 Å². The minimum absolute atomic E-state index is 1.39. The van der Waals surface area contributed by atoms with Gasteiger partial charge in [-0.1, -0.05) is 0 Å². The largest absolute Gasteiger partial charge is 0.186 e. The van der Waals surface area contributed by atoms with E-state index in [1.165, 1.54) is 10.4 Å². The molecule has 8 heavy (non-hydrogen) atoms. The van der Waals surface area contributed by atoms with Crippen LogP contribution in [0.1, 0.15) is 10.4 Å². The van der Waals surface area contributed by atoms with Gasteiger partial charge in [-0.3, -0.25) is 0 Å². The summed E-state index contributed by atoms with van der Waals surface area (Å²) >= 11 is 1.79. The van der Waals surface area contributed by atoms with Crippen LogP contribution >= 0.6 is 11.5 Å². The molecular formula is C6H10NS+. The summed E-state index contributed by atoms with van der Waals surface area (Å²) in [6, 6.07) is 0.